The van der Waals surface area contributed by atoms with Gasteiger partial charge in [-0.05, 0) is 49.2 Å². The van der Waals surface area contributed by atoms with Gasteiger partial charge in [-0.25, -0.2) is 0 Å². The van der Waals surface area contributed by atoms with Crippen LogP contribution >= 0.6 is 0 Å². The van der Waals surface area contributed by atoms with E-state index in [2.05, 4.69) is 48.4 Å². The molecule has 0 bridgehead atoms. The highest BCUT2D eigenvalue weighted by Gasteiger charge is 2.14. The van der Waals surface area contributed by atoms with Crippen LogP contribution in [0.1, 0.15) is 35.3 Å². The maximum absolute atomic E-state index is 5.33. The summed E-state index contributed by atoms with van der Waals surface area (Å²) in [6.45, 7) is 7.09. The fourth-order valence-corrected chi connectivity index (χ4v) is 2.36. The molecule has 0 radical (unpaired) electrons. The predicted octanol–water partition coefficient (Wildman–Crippen LogP) is 3.41. The van der Waals surface area contributed by atoms with Crippen LogP contribution in [-0.4, -0.2) is 18.6 Å². The SMILES string of the molecule is CCNC(c1ccc(C)nc1)c1ccc(OC)c(C)c1. The largest absolute Gasteiger partial charge is 0.496 e. The molecule has 1 aromatic carbocycles. The van der Waals surface area contributed by atoms with Crippen molar-refractivity contribution in [3.63, 3.8) is 0 Å². The molecule has 1 N–H and O–H groups in total. The molecule has 1 aromatic heterocycles. The lowest BCUT2D eigenvalue weighted by atomic mass is 9.98. The number of hydrogen-bond donors (Lipinski definition) is 1. The van der Waals surface area contributed by atoms with Crippen molar-refractivity contribution in [3.05, 3.63) is 58.9 Å². The number of ether oxygens (including phenoxy) is 1. The van der Waals surface area contributed by atoms with Gasteiger partial charge in [0, 0.05) is 11.9 Å². The van der Waals surface area contributed by atoms with Crippen molar-refractivity contribution in [2.75, 3.05) is 13.7 Å². The summed E-state index contributed by atoms with van der Waals surface area (Å²) < 4.78 is 5.33. The monoisotopic (exact) mass is 270 g/mol. The molecule has 0 saturated carbocycles. The van der Waals surface area contributed by atoms with Gasteiger partial charge >= 0.3 is 0 Å². The van der Waals surface area contributed by atoms with Crippen LogP contribution in [0.2, 0.25) is 0 Å². The van der Waals surface area contributed by atoms with Gasteiger partial charge in [-0.15, -0.1) is 0 Å². The molecule has 2 rings (SSSR count). The van der Waals surface area contributed by atoms with E-state index in [-0.39, 0.29) is 6.04 Å². The highest BCUT2D eigenvalue weighted by Crippen LogP contribution is 2.26. The van der Waals surface area contributed by atoms with E-state index in [1.165, 1.54) is 11.1 Å². The molecule has 0 aliphatic rings. The molecule has 0 spiro atoms. The number of nitrogens with one attached hydrogen (secondary N) is 1. The molecule has 1 atom stereocenters. The molecule has 0 fully saturated rings. The fourth-order valence-electron chi connectivity index (χ4n) is 2.36. The number of nitrogens with zero attached hydrogens (tertiary/aromatic N) is 1. The summed E-state index contributed by atoms with van der Waals surface area (Å²) in [5, 5.41) is 3.52. The van der Waals surface area contributed by atoms with Gasteiger partial charge in [-0.3, -0.25) is 4.98 Å². The summed E-state index contributed by atoms with van der Waals surface area (Å²) in [4.78, 5) is 4.40. The van der Waals surface area contributed by atoms with Gasteiger partial charge in [0.15, 0.2) is 0 Å². The molecular weight excluding hydrogens is 248 g/mol. The standard InChI is InChI=1S/C17H22N2O/c1-5-18-17(15-7-6-13(3)19-11-15)14-8-9-16(20-4)12(2)10-14/h6-11,17-18H,5H2,1-4H3. The average molecular weight is 270 g/mol. The van der Waals surface area contributed by atoms with E-state index < -0.39 is 0 Å². The number of rotatable bonds is 5. The zero-order valence-corrected chi connectivity index (χ0v) is 12.6. The van der Waals surface area contributed by atoms with Crippen LogP contribution in [0.4, 0.5) is 0 Å². The van der Waals surface area contributed by atoms with Crippen molar-refractivity contribution in [2.24, 2.45) is 0 Å². The highest BCUT2D eigenvalue weighted by atomic mass is 16.5. The smallest absolute Gasteiger partial charge is 0.121 e. The maximum Gasteiger partial charge on any atom is 0.121 e. The lowest BCUT2D eigenvalue weighted by molar-refractivity contribution is 0.411. The molecule has 0 amide bonds. The van der Waals surface area contributed by atoms with E-state index in [0.29, 0.717) is 0 Å². The van der Waals surface area contributed by atoms with Crippen LogP contribution in [0.15, 0.2) is 36.5 Å². The van der Waals surface area contributed by atoms with Gasteiger partial charge in [0.25, 0.3) is 0 Å². The van der Waals surface area contributed by atoms with Crippen LogP contribution in [0.5, 0.6) is 5.75 Å². The summed E-state index contributed by atoms with van der Waals surface area (Å²) in [5.74, 6) is 0.922. The van der Waals surface area contributed by atoms with Gasteiger partial charge < -0.3 is 10.1 Å². The van der Waals surface area contributed by atoms with Gasteiger partial charge in [-0.1, -0.05) is 25.1 Å². The predicted molar refractivity (Wildman–Crippen MR) is 82.2 cm³/mol. The second-order valence-electron chi connectivity index (χ2n) is 4.95. The fraction of sp³-hybridized carbons (Fsp3) is 0.353. The Labute approximate surface area is 121 Å². The summed E-state index contributed by atoms with van der Waals surface area (Å²) in [6.07, 6.45) is 1.95. The third-order valence-corrected chi connectivity index (χ3v) is 3.43. The Balaban J connectivity index is 2.37. The Morgan fingerprint density at radius 2 is 1.90 bits per heavy atom. The number of hydrogen-bond acceptors (Lipinski definition) is 3. The lowest BCUT2D eigenvalue weighted by Crippen LogP contribution is -2.22. The van der Waals surface area contributed by atoms with E-state index in [1.807, 2.05) is 19.2 Å². The summed E-state index contributed by atoms with van der Waals surface area (Å²) in [7, 11) is 1.70. The zero-order valence-electron chi connectivity index (χ0n) is 12.6. The molecule has 1 unspecified atom stereocenters. The molecule has 2 aromatic rings. The van der Waals surface area contributed by atoms with Crippen molar-refractivity contribution >= 4 is 0 Å². The number of aromatic nitrogens is 1. The van der Waals surface area contributed by atoms with E-state index in [0.717, 1.165) is 23.6 Å². The third-order valence-electron chi connectivity index (χ3n) is 3.43. The molecular formula is C17H22N2O. The minimum Gasteiger partial charge on any atom is -0.496 e. The van der Waals surface area contributed by atoms with Crippen molar-refractivity contribution in [2.45, 2.75) is 26.8 Å². The maximum atomic E-state index is 5.33. The molecule has 3 nitrogen and oxygen atoms in total. The Morgan fingerprint density at radius 1 is 1.15 bits per heavy atom. The normalized spacial score (nSPS) is 12.2. The van der Waals surface area contributed by atoms with E-state index in [1.54, 1.807) is 7.11 Å². The topological polar surface area (TPSA) is 34.2 Å². The van der Waals surface area contributed by atoms with Crippen molar-refractivity contribution in [1.29, 1.82) is 0 Å². The zero-order chi connectivity index (χ0) is 14.5. The summed E-state index contributed by atoms with van der Waals surface area (Å²) >= 11 is 0. The van der Waals surface area contributed by atoms with Crippen molar-refractivity contribution in [3.8, 4) is 5.75 Å². The third kappa shape index (κ3) is 3.17. The summed E-state index contributed by atoms with van der Waals surface area (Å²) in [5.41, 5.74) is 4.60. The van der Waals surface area contributed by atoms with Gasteiger partial charge in [0.2, 0.25) is 0 Å². The summed E-state index contributed by atoms with van der Waals surface area (Å²) in [6, 6.07) is 10.7. The molecule has 3 heteroatoms. The number of pyridine rings is 1. The van der Waals surface area contributed by atoms with Gasteiger partial charge in [0.1, 0.15) is 5.75 Å². The first kappa shape index (κ1) is 14.5. The van der Waals surface area contributed by atoms with Crippen LogP contribution in [0.25, 0.3) is 0 Å². The average Bonchev–Trinajstić information content (AvgIpc) is 2.46. The van der Waals surface area contributed by atoms with Crippen LogP contribution in [-0.2, 0) is 0 Å². The van der Waals surface area contributed by atoms with Crippen molar-refractivity contribution < 1.29 is 4.74 Å². The minimum absolute atomic E-state index is 0.165. The van der Waals surface area contributed by atoms with Crippen LogP contribution in [0.3, 0.4) is 0 Å². The molecule has 106 valence electrons. The minimum atomic E-state index is 0.165. The second kappa shape index (κ2) is 6.53. The first-order valence-electron chi connectivity index (χ1n) is 6.96. The van der Waals surface area contributed by atoms with E-state index >= 15 is 0 Å². The van der Waals surface area contributed by atoms with E-state index in [4.69, 9.17) is 4.74 Å². The molecule has 20 heavy (non-hydrogen) atoms. The molecule has 1 heterocycles. The molecule has 0 saturated heterocycles. The highest BCUT2D eigenvalue weighted by molar-refractivity contribution is 5.40. The first-order valence-corrected chi connectivity index (χ1v) is 6.96. The Bertz CT molecular complexity index is 564. The first-order chi connectivity index (χ1) is 9.65. The van der Waals surface area contributed by atoms with E-state index in [9.17, 15) is 0 Å². The van der Waals surface area contributed by atoms with Crippen molar-refractivity contribution in [1.82, 2.24) is 10.3 Å². The molecule has 0 aliphatic heterocycles. The Kier molecular flexibility index (Phi) is 4.74. The number of aryl methyl sites for hydroxylation is 2. The van der Waals surface area contributed by atoms with Crippen LogP contribution < -0.4 is 10.1 Å². The molecule has 0 aliphatic carbocycles. The van der Waals surface area contributed by atoms with Gasteiger partial charge in [-0.2, -0.15) is 0 Å². The second-order valence-corrected chi connectivity index (χ2v) is 4.95. The number of methoxy groups -OCH3 is 1. The van der Waals surface area contributed by atoms with Gasteiger partial charge in [0.05, 0.1) is 13.2 Å². The van der Waals surface area contributed by atoms with Crippen LogP contribution in [0, 0.1) is 13.8 Å². The Morgan fingerprint density at radius 3 is 2.45 bits per heavy atom. The quantitative estimate of drug-likeness (QED) is 0.904. The number of benzene rings is 1. The Hall–Kier alpha value is -1.87. The lowest BCUT2D eigenvalue weighted by Gasteiger charge is -2.20.